The van der Waals surface area contributed by atoms with E-state index in [9.17, 15) is 0 Å². The predicted octanol–water partition coefficient (Wildman–Crippen LogP) is 3.26. The van der Waals surface area contributed by atoms with Gasteiger partial charge >= 0.3 is 0 Å². The Morgan fingerprint density at radius 1 is 1.12 bits per heavy atom. The largest absolute Gasteiger partial charge is 0.329 e. The molecule has 3 unspecified atom stereocenters. The molecule has 98 valence electrons. The van der Waals surface area contributed by atoms with Crippen LogP contribution in [-0.2, 0) is 0 Å². The highest BCUT2D eigenvalue weighted by Crippen LogP contribution is 2.29. The molecule has 16 heavy (non-hydrogen) atoms. The summed E-state index contributed by atoms with van der Waals surface area (Å²) in [7, 11) is 2.24. The minimum atomic E-state index is 0.199. The van der Waals surface area contributed by atoms with Crippen molar-refractivity contribution in [3.63, 3.8) is 0 Å². The van der Waals surface area contributed by atoms with Crippen LogP contribution in [0, 0.1) is 5.92 Å². The van der Waals surface area contributed by atoms with E-state index in [1.165, 1.54) is 19.3 Å². The van der Waals surface area contributed by atoms with Crippen LogP contribution in [0.1, 0.15) is 60.3 Å². The van der Waals surface area contributed by atoms with Gasteiger partial charge in [-0.25, -0.2) is 0 Å². The number of hydrogen-bond acceptors (Lipinski definition) is 2. The molecule has 0 aromatic rings. The van der Waals surface area contributed by atoms with Crippen LogP contribution in [0.4, 0.5) is 0 Å². The molecule has 3 atom stereocenters. The maximum Gasteiger partial charge on any atom is 0.0331 e. The van der Waals surface area contributed by atoms with Gasteiger partial charge < -0.3 is 5.73 Å². The van der Waals surface area contributed by atoms with E-state index < -0.39 is 0 Å². The number of nitrogens with zero attached hydrogens (tertiary/aromatic N) is 1. The first-order valence-corrected chi connectivity index (χ1v) is 6.90. The first-order chi connectivity index (χ1) is 7.47. The van der Waals surface area contributed by atoms with E-state index in [0.29, 0.717) is 6.04 Å². The van der Waals surface area contributed by atoms with Crippen molar-refractivity contribution in [2.75, 3.05) is 13.6 Å². The van der Waals surface area contributed by atoms with Crippen molar-refractivity contribution in [1.82, 2.24) is 4.90 Å². The second-order valence-corrected chi connectivity index (χ2v) is 5.37. The highest BCUT2D eigenvalue weighted by Gasteiger charge is 2.34. The first-order valence-electron chi connectivity index (χ1n) is 6.90. The zero-order valence-corrected chi connectivity index (χ0v) is 12.2. The molecule has 2 nitrogen and oxygen atoms in total. The monoisotopic (exact) mass is 228 g/mol. The van der Waals surface area contributed by atoms with Gasteiger partial charge in [0.2, 0.25) is 0 Å². The van der Waals surface area contributed by atoms with Crippen LogP contribution in [0.2, 0.25) is 0 Å². The molecule has 0 aliphatic carbocycles. The van der Waals surface area contributed by atoms with Gasteiger partial charge in [0.25, 0.3) is 0 Å². The highest BCUT2D eigenvalue weighted by atomic mass is 15.2. The van der Waals surface area contributed by atoms with E-state index in [-0.39, 0.29) is 5.54 Å². The van der Waals surface area contributed by atoms with E-state index in [1.807, 2.05) is 0 Å². The second-order valence-electron chi connectivity index (χ2n) is 5.37. The zero-order valence-electron chi connectivity index (χ0n) is 12.2. The molecule has 0 amide bonds. The van der Waals surface area contributed by atoms with E-state index in [4.69, 9.17) is 5.73 Å². The number of hydrogen-bond donors (Lipinski definition) is 1. The van der Waals surface area contributed by atoms with Gasteiger partial charge in [0.1, 0.15) is 0 Å². The van der Waals surface area contributed by atoms with Gasteiger partial charge in [-0.05, 0) is 39.2 Å². The topological polar surface area (TPSA) is 29.3 Å². The third-order valence-corrected chi connectivity index (χ3v) is 4.46. The molecule has 0 spiro atoms. The Kier molecular flexibility index (Phi) is 7.25. The lowest BCUT2D eigenvalue weighted by Crippen LogP contribution is -2.55. The van der Waals surface area contributed by atoms with Crippen molar-refractivity contribution < 1.29 is 0 Å². The van der Waals surface area contributed by atoms with Crippen molar-refractivity contribution >= 4 is 0 Å². The van der Waals surface area contributed by atoms with Crippen molar-refractivity contribution in [3.05, 3.63) is 0 Å². The minimum absolute atomic E-state index is 0.199. The quantitative estimate of drug-likeness (QED) is 0.691. The molecule has 0 aliphatic rings. The zero-order chi connectivity index (χ0) is 12.8. The normalized spacial score (nSPS) is 19.5. The summed E-state index contributed by atoms with van der Waals surface area (Å²) in [4.78, 5) is 2.51. The fourth-order valence-corrected chi connectivity index (χ4v) is 2.44. The van der Waals surface area contributed by atoms with Crippen LogP contribution in [0.15, 0.2) is 0 Å². The van der Waals surface area contributed by atoms with Crippen LogP contribution in [0.3, 0.4) is 0 Å². The van der Waals surface area contributed by atoms with Gasteiger partial charge in [0.15, 0.2) is 0 Å². The fourth-order valence-electron chi connectivity index (χ4n) is 2.44. The first kappa shape index (κ1) is 15.9. The number of likely N-dealkylation sites (N-methyl/N-ethyl adjacent to an activating group) is 1. The summed E-state index contributed by atoms with van der Waals surface area (Å²) in [5.41, 5.74) is 6.27. The molecule has 0 heterocycles. The standard InChI is InChI=1S/C14H32N2/c1-7-12(4)10-14(9-3,11-15)16(6)13(5)8-2/h12-13H,7-11,15H2,1-6H3. The lowest BCUT2D eigenvalue weighted by molar-refractivity contribution is 0.0565. The van der Waals surface area contributed by atoms with Gasteiger partial charge in [-0.1, -0.05) is 34.1 Å². The minimum Gasteiger partial charge on any atom is -0.329 e. The summed E-state index contributed by atoms with van der Waals surface area (Å²) >= 11 is 0. The molecule has 0 saturated heterocycles. The maximum atomic E-state index is 6.07. The van der Waals surface area contributed by atoms with Crippen molar-refractivity contribution in [2.45, 2.75) is 71.9 Å². The van der Waals surface area contributed by atoms with Crippen molar-refractivity contribution in [3.8, 4) is 0 Å². The van der Waals surface area contributed by atoms with Gasteiger partial charge in [0, 0.05) is 18.1 Å². The van der Waals surface area contributed by atoms with Crippen LogP contribution in [0.25, 0.3) is 0 Å². The van der Waals surface area contributed by atoms with E-state index in [2.05, 4.69) is 46.6 Å². The van der Waals surface area contributed by atoms with Gasteiger partial charge in [-0.3, -0.25) is 4.90 Å². The maximum absolute atomic E-state index is 6.07. The number of rotatable bonds is 8. The summed E-state index contributed by atoms with van der Waals surface area (Å²) in [6.45, 7) is 12.2. The molecule has 0 radical (unpaired) electrons. The molecule has 0 bridgehead atoms. The Bertz CT molecular complexity index is 176. The second kappa shape index (κ2) is 7.29. The lowest BCUT2D eigenvalue weighted by Gasteiger charge is -2.45. The molecule has 0 aromatic carbocycles. The van der Waals surface area contributed by atoms with Gasteiger partial charge in [-0.15, -0.1) is 0 Å². The lowest BCUT2D eigenvalue weighted by atomic mass is 9.82. The van der Waals surface area contributed by atoms with Gasteiger partial charge in [0.05, 0.1) is 0 Å². The average Bonchev–Trinajstić information content (AvgIpc) is 2.33. The van der Waals surface area contributed by atoms with Crippen LogP contribution in [-0.4, -0.2) is 30.1 Å². The summed E-state index contributed by atoms with van der Waals surface area (Å²) in [6, 6.07) is 0.618. The highest BCUT2D eigenvalue weighted by molar-refractivity contribution is 4.92. The van der Waals surface area contributed by atoms with Crippen LogP contribution < -0.4 is 5.73 Å². The molecule has 0 fully saturated rings. The molecule has 2 heteroatoms. The molecule has 0 aliphatic heterocycles. The molecule has 0 saturated carbocycles. The van der Waals surface area contributed by atoms with Gasteiger partial charge in [-0.2, -0.15) is 0 Å². The third kappa shape index (κ3) is 3.74. The van der Waals surface area contributed by atoms with Crippen molar-refractivity contribution in [1.29, 1.82) is 0 Å². The smallest absolute Gasteiger partial charge is 0.0331 e. The average molecular weight is 228 g/mol. The molecular formula is C14H32N2. The Hall–Kier alpha value is -0.0800. The Morgan fingerprint density at radius 2 is 1.69 bits per heavy atom. The van der Waals surface area contributed by atoms with Crippen LogP contribution in [0.5, 0.6) is 0 Å². The third-order valence-electron chi connectivity index (χ3n) is 4.46. The van der Waals surface area contributed by atoms with Crippen molar-refractivity contribution in [2.24, 2.45) is 11.7 Å². The fraction of sp³-hybridized carbons (Fsp3) is 1.00. The van der Waals surface area contributed by atoms with Crippen LogP contribution >= 0.6 is 0 Å². The summed E-state index contributed by atoms with van der Waals surface area (Å²) < 4.78 is 0. The Labute approximate surface area is 103 Å². The Morgan fingerprint density at radius 3 is 2.00 bits per heavy atom. The molecular weight excluding hydrogens is 196 g/mol. The SMILES string of the molecule is CCC(C)CC(CC)(CN)N(C)C(C)CC. The molecule has 2 N–H and O–H groups in total. The molecule has 0 rings (SSSR count). The van der Waals surface area contributed by atoms with E-state index in [1.54, 1.807) is 0 Å². The number of nitrogens with two attached hydrogens (primary N) is 1. The predicted molar refractivity (Wildman–Crippen MR) is 73.7 cm³/mol. The van der Waals surface area contributed by atoms with E-state index >= 15 is 0 Å². The summed E-state index contributed by atoms with van der Waals surface area (Å²) in [5, 5.41) is 0. The van der Waals surface area contributed by atoms with E-state index in [0.717, 1.165) is 18.9 Å². The summed E-state index contributed by atoms with van der Waals surface area (Å²) in [5.74, 6) is 0.759. The summed E-state index contributed by atoms with van der Waals surface area (Å²) in [6.07, 6.45) is 4.81. The Balaban J connectivity index is 4.78. The molecule has 0 aromatic heterocycles.